The van der Waals surface area contributed by atoms with E-state index in [0.717, 1.165) is 22.8 Å². The minimum atomic E-state index is 0.168. The molecule has 0 aliphatic heterocycles. The second-order valence-corrected chi connectivity index (χ2v) is 5.08. The molecular weight excluding hydrogens is 264 g/mol. The lowest BCUT2D eigenvalue weighted by molar-refractivity contribution is 0.367. The van der Waals surface area contributed by atoms with Crippen LogP contribution in [0.1, 0.15) is 29.5 Å². The van der Waals surface area contributed by atoms with Gasteiger partial charge in [0, 0.05) is 23.6 Å². The van der Waals surface area contributed by atoms with E-state index in [4.69, 9.17) is 14.2 Å². The lowest BCUT2D eigenvalue weighted by atomic mass is 9.91. The lowest BCUT2D eigenvalue weighted by Crippen LogP contribution is -2.03. The number of rotatable bonds is 5. The van der Waals surface area contributed by atoms with E-state index in [2.05, 4.69) is 38.1 Å². The highest BCUT2D eigenvalue weighted by molar-refractivity contribution is 5.55. The standard InChI is InChI=1S/C18H22O3/c1-12-6-8-14(9-7-12)13(2)18-16(20-4)10-15(19-3)11-17(18)21-5/h6-11,13H,1-5H3. The molecule has 0 saturated heterocycles. The summed E-state index contributed by atoms with van der Waals surface area (Å²) in [7, 11) is 4.97. The molecule has 0 amide bonds. The normalized spacial score (nSPS) is 11.9. The molecule has 0 aliphatic carbocycles. The second-order valence-electron chi connectivity index (χ2n) is 5.08. The van der Waals surface area contributed by atoms with Gasteiger partial charge in [0.1, 0.15) is 17.2 Å². The van der Waals surface area contributed by atoms with Crippen molar-refractivity contribution in [3.63, 3.8) is 0 Å². The fraction of sp³-hybridized carbons (Fsp3) is 0.333. The van der Waals surface area contributed by atoms with Crippen molar-refractivity contribution in [2.75, 3.05) is 21.3 Å². The zero-order chi connectivity index (χ0) is 15.4. The fourth-order valence-electron chi connectivity index (χ4n) is 2.48. The molecule has 21 heavy (non-hydrogen) atoms. The number of ether oxygens (including phenoxy) is 3. The van der Waals surface area contributed by atoms with Gasteiger partial charge in [0.2, 0.25) is 0 Å². The molecular formula is C18H22O3. The van der Waals surface area contributed by atoms with E-state index in [9.17, 15) is 0 Å². The van der Waals surface area contributed by atoms with E-state index in [-0.39, 0.29) is 5.92 Å². The molecule has 0 spiro atoms. The molecule has 2 rings (SSSR count). The van der Waals surface area contributed by atoms with Crippen LogP contribution in [0, 0.1) is 6.92 Å². The van der Waals surface area contributed by atoms with Crippen LogP contribution in [-0.4, -0.2) is 21.3 Å². The fourth-order valence-corrected chi connectivity index (χ4v) is 2.48. The molecule has 0 heterocycles. The van der Waals surface area contributed by atoms with Crippen LogP contribution in [-0.2, 0) is 0 Å². The van der Waals surface area contributed by atoms with Gasteiger partial charge in [-0.1, -0.05) is 36.8 Å². The van der Waals surface area contributed by atoms with Gasteiger partial charge in [-0.15, -0.1) is 0 Å². The molecule has 0 N–H and O–H groups in total. The van der Waals surface area contributed by atoms with Crippen LogP contribution in [0.25, 0.3) is 0 Å². The monoisotopic (exact) mass is 286 g/mol. The van der Waals surface area contributed by atoms with Gasteiger partial charge in [-0.3, -0.25) is 0 Å². The van der Waals surface area contributed by atoms with Crippen LogP contribution in [0.15, 0.2) is 36.4 Å². The Morgan fingerprint density at radius 3 is 1.76 bits per heavy atom. The largest absolute Gasteiger partial charge is 0.496 e. The van der Waals surface area contributed by atoms with Crippen molar-refractivity contribution in [1.29, 1.82) is 0 Å². The van der Waals surface area contributed by atoms with Crippen molar-refractivity contribution in [3.05, 3.63) is 53.1 Å². The molecule has 0 aliphatic rings. The van der Waals surface area contributed by atoms with Crippen molar-refractivity contribution in [2.24, 2.45) is 0 Å². The zero-order valence-corrected chi connectivity index (χ0v) is 13.3. The van der Waals surface area contributed by atoms with E-state index in [1.54, 1.807) is 21.3 Å². The summed E-state index contributed by atoms with van der Waals surface area (Å²) in [6.45, 7) is 4.24. The van der Waals surface area contributed by atoms with Crippen molar-refractivity contribution in [3.8, 4) is 17.2 Å². The van der Waals surface area contributed by atoms with E-state index >= 15 is 0 Å². The first-order valence-corrected chi connectivity index (χ1v) is 6.97. The van der Waals surface area contributed by atoms with Gasteiger partial charge in [-0.2, -0.15) is 0 Å². The van der Waals surface area contributed by atoms with E-state index in [0.29, 0.717) is 0 Å². The molecule has 3 heteroatoms. The van der Waals surface area contributed by atoms with Crippen molar-refractivity contribution < 1.29 is 14.2 Å². The molecule has 1 atom stereocenters. The molecule has 1 unspecified atom stereocenters. The Bertz CT molecular complexity index is 577. The van der Waals surface area contributed by atoms with Gasteiger partial charge in [-0.25, -0.2) is 0 Å². The third-order valence-electron chi connectivity index (χ3n) is 3.76. The Hall–Kier alpha value is -2.16. The summed E-state index contributed by atoms with van der Waals surface area (Å²) in [6, 6.07) is 12.3. The molecule has 0 bridgehead atoms. The number of hydrogen-bond acceptors (Lipinski definition) is 3. The topological polar surface area (TPSA) is 27.7 Å². The third-order valence-corrected chi connectivity index (χ3v) is 3.76. The Balaban J connectivity index is 2.52. The number of hydrogen-bond donors (Lipinski definition) is 0. The summed E-state index contributed by atoms with van der Waals surface area (Å²) in [5.74, 6) is 2.45. The van der Waals surface area contributed by atoms with Crippen LogP contribution in [0.5, 0.6) is 17.2 Å². The van der Waals surface area contributed by atoms with Gasteiger partial charge >= 0.3 is 0 Å². The summed E-state index contributed by atoms with van der Waals surface area (Å²) in [5.41, 5.74) is 3.51. The van der Waals surface area contributed by atoms with Crippen molar-refractivity contribution in [2.45, 2.75) is 19.8 Å². The summed E-state index contributed by atoms with van der Waals surface area (Å²) in [6.07, 6.45) is 0. The van der Waals surface area contributed by atoms with Gasteiger partial charge in [0.25, 0.3) is 0 Å². The summed E-state index contributed by atoms with van der Waals surface area (Å²) < 4.78 is 16.4. The van der Waals surface area contributed by atoms with Gasteiger partial charge in [0.05, 0.1) is 21.3 Å². The maximum Gasteiger partial charge on any atom is 0.130 e. The van der Waals surface area contributed by atoms with Gasteiger partial charge in [0.15, 0.2) is 0 Å². The van der Waals surface area contributed by atoms with Crippen LogP contribution >= 0.6 is 0 Å². The minimum Gasteiger partial charge on any atom is -0.496 e. The Labute approximate surface area is 126 Å². The molecule has 112 valence electrons. The summed E-state index contributed by atoms with van der Waals surface area (Å²) in [5, 5.41) is 0. The smallest absolute Gasteiger partial charge is 0.130 e. The highest BCUT2D eigenvalue weighted by Crippen LogP contribution is 2.41. The first-order valence-electron chi connectivity index (χ1n) is 6.97. The quantitative estimate of drug-likeness (QED) is 0.825. The minimum absolute atomic E-state index is 0.168. The highest BCUT2D eigenvalue weighted by Gasteiger charge is 2.20. The third kappa shape index (κ3) is 3.13. The maximum atomic E-state index is 5.54. The highest BCUT2D eigenvalue weighted by atomic mass is 16.5. The molecule has 2 aromatic rings. The number of aryl methyl sites for hydroxylation is 1. The SMILES string of the molecule is COc1cc(OC)c(C(C)c2ccc(C)cc2)c(OC)c1. The predicted octanol–water partition coefficient (Wildman–Crippen LogP) is 4.17. The van der Waals surface area contributed by atoms with Gasteiger partial charge < -0.3 is 14.2 Å². The molecule has 2 aromatic carbocycles. The van der Waals surface area contributed by atoms with Crippen molar-refractivity contribution >= 4 is 0 Å². The van der Waals surface area contributed by atoms with Crippen LogP contribution in [0.4, 0.5) is 0 Å². The van der Waals surface area contributed by atoms with Crippen LogP contribution in [0.3, 0.4) is 0 Å². The first-order chi connectivity index (χ1) is 10.1. The molecule has 3 nitrogen and oxygen atoms in total. The average Bonchev–Trinajstić information content (AvgIpc) is 2.53. The second kappa shape index (κ2) is 6.53. The van der Waals surface area contributed by atoms with E-state index < -0.39 is 0 Å². The Morgan fingerprint density at radius 2 is 1.33 bits per heavy atom. The number of benzene rings is 2. The molecule has 0 saturated carbocycles. The molecule has 0 aromatic heterocycles. The van der Waals surface area contributed by atoms with Crippen LogP contribution < -0.4 is 14.2 Å². The maximum absolute atomic E-state index is 5.54. The van der Waals surface area contributed by atoms with Gasteiger partial charge in [-0.05, 0) is 12.5 Å². The molecule has 0 fully saturated rings. The Morgan fingerprint density at radius 1 is 0.810 bits per heavy atom. The first kappa shape index (κ1) is 15.2. The zero-order valence-electron chi connectivity index (χ0n) is 13.3. The van der Waals surface area contributed by atoms with Crippen LogP contribution in [0.2, 0.25) is 0 Å². The predicted molar refractivity (Wildman–Crippen MR) is 84.8 cm³/mol. The molecule has 0 radical (unpaired) electrons. The lowest BCUT2D eigenvalue weighted by Gasteiger charge is -2.20. The van der Waals surface area contributed by atoms with Crippen molar-refractivity contribution in [1.82, 2.24) is 0 Å². The summed E-state index contributed by atoms with van der Waals surface area (Å²) in [4.78, 5) is 0. The number of methoxy groups -OCH3 is 3. The van der Waals surface area contributed by atoms with E-state index in [1.165, 1.54) is 11.1 Å². The average molecular weight is 286 g/mol. The Kier molecular flexibility index (Phi) is 4.73. The van der Waals surface area contributed by atoms with E-state index in [1.807, 2.05) is 12.1 Å². The summed E-state index contributed by atoms with van der Waals surface area (Å²) >= 11 is 0.